The quantitative estimate of drug-likeness (QED) is 0.605. The van der Waals surface area contributed by atoms with Crippen LogP contribution >= 0.6 is 11.6 Å². The summed E-state index contributed by atoms with van der Waals surface area (Å²) in [6, 6.07) is 5.74. The molecule has 1 N–H and O–H groups in total. The normalized spacial score (nSPS) is 19.7. The fourth-order valence-corrected chi connectivity index (χ4v) is 3.64. The third-order valence-electron chi connectivity index (χ3n) is 4.72. The first-order chi connectivity index (χ1) is 13.0. The summed E-state index contributed by atoms with van der Waals surface area (Å²) in [5, 5.41) is 3.33. The van der Waals surface area contributed by atoms with Crippen molar-refractivity contribution < 1.29 is 4.79 Å². The summed E-state index contributed by atoms with van der Waals surface area (Å²) >= 11 is 6.02. The van der Waals surface area contributed by atoms with Crippen LogP contribution in [0, 0.1) is 0 Å². The second kappa shape index (κ2) is 9.10. The van der Waals surface area contributed by atoms with Crippen LogP contribution in [0.5, 0.6) is 0 Å². The molecule has 7 nitrogen and oxygen atoms in total. The third kappa shape index (κ3) is 5.14. The van der Waals surface area contributed by atoms with E-state index in [1.54, 1.807) is 30.7 Å². The maximum Gasteiger partial charge on any atom is 0.254 e. The first kappa shape index (κ1) is 19.5. The zero-order valence-electron chi connectivity index (χ0n) is 15.7. The molecule has 0 spiro atoms. The second-order valence-corrected chi connectivity index (χ2v) is 7.42. The Morgan fingerprint density at radius 1 is 1.11 bits per heavy atom. The largest absolute Gasteiger partial charge is 0.349 e. The molecule has 0 aliphatic heterocycles. The van der Waals surface area contributed by atoms with Crippen LogP contribution in [0.2, 0.25) is 5.15 Å². The van der Waals surface area contributed by atoms with E-state index in [1.165, 1.54) is 0 Å². The smallest absolute Gasteiger partial charge is 0.254 e. The first-order valence-corrected chi connectivity index (χ1v) is 9.52. The summed E-state index contributed by atoms with van der Waals surface area (Å²) in [7, 11) is 4.08. The van der Waals surface area contributed by atoms with E-state index in [4.69, 9.17) is 11.6 Å². The number of aromatic nitrogens is 3. The summed E-state index contributed by atoms with van der Waals surface area (Å²) in [6.07, 6.45) is 8.88. The summed E-state index contributed by atoms with van der Waals surface area (Å²) in [5.41, 5.74) is 0.424. The molecule has 27 heavy (non-hydrogen) atoms. The number of amides is 1. The standard InChI is InChI=1S/C19H25ClN6O/c1-25(2)13-26(19-22-11-4-12-23-19)15-8-6-14(7-9-15)24-18(27)16-5-3-10-21-17(16)20/h3-5,10-12,14-15H,6-9,13H2,1-2H3,(H,24,27). The van der Waals surface area contributed by atoms with Gasteiger partial charge in [-0.3, -0.25) is 9.69 Å². The molecule has 0 bridgehead atoms. The molecule has 8 heteroatoms. The van der Waals surface area contributed by atoms with Crippen LogP contribution in [0.1, 0.15) is 36.0 Å². The Morgan fingerprint density at radius 2 is 1.78 bits per heavy atom. The zero-order valence-corrected chi connectivity index (χ0v) is 16.4. The Bertz CT molecular complexity index is 749. The highest BCUT2D eigenvalue weighted by Crippen LogP contribution is 2.26. The van der Waals surface area contributed by atoms with Gasteiger partial charge in [0, 0.05) is 30.7 Å². The zero-order chi connectivity index (χ0) is 19.2. The van der Waals surface area contributed by atoms with Gasteiger partial charge < -0.3 is 10.2 Å². The van der Waals surface area contributed by atoms with Crippen LogP contribution < -0.4 is 10.2 Å². The van der Waals surface area contributed by atoms with Gasteiger partial charge in [0.1, 0.15) is 5.15 Å². The minimum atomic E-state index is -0.159. The molecule has 3 rings (SSSR count). The number of nitrogens with zero attached hydrogens (tertiary/aromatic N) is 5. The number of carbonyl (C=O) groups excluding carboxylic acids is 1. The fourth-order valence-electron chi connectivity index (χ4n) is 3.44. The molecule has 0 aromatic carbocycles. The molecular weight excluding hydrogens is 364 g/mol. The highest BCUT2D eigenvalue weighted by molar-refractivity contribution is 6.32. The molecule has 1 amide bonds. The molecule has 2 heterocycles. The van der Waals surface area contributed by atoms with Gasteiger partial charge in [0.25, 0.3) is 5.91 Å². The van der Waals surface area contributed by atoms with Crippen molar-refractivity contribution in [1.29, 1.82) is 0 Å². The van der Waals surface area contributed by atoms with Crippen LogP contribution in [-0.2, 0) is 0 Å². The van der Waals surface area contributed by atoms with Crippen molar-refractivity contribution in [3.63, 3.8) is 0 Å². The molecule has 0 saturated heterocycles. The van der Waals surface area contributed by atoms with Gasteiger partial charge >= 0.3 is 0 Å². The van der Waals surface area contributed by atoms with Crippen LogP contribution in [0.4, 0.5) is 5.95 Å². The summed E-state index contributed by atoms with van der Waals surface area (Å²) < 4.78 is 0. The maximum absolute atomic E-state index is 12.4. The summed E-state index contributed by atoms with van der Waals surface area (Å²) in [6.45, 7) is 0.761. The Kier molecular flexibility index (Phi) is 6.58. The van der Waals surface area contributed by atoms with E-state index in [-0.39, 0.29) is 17.1 Å². The van der Waals surface area contributed by atoms with Gasteiger partial charge in [-0.15, -0.1) is 0 Å². The molecule has 2 aromatic rings. The van der Waals surface area contributed by atoms with E-state index in [1.807, 2.05) is 20.2 Å². The fraction of sp³-hybridized carbons (Fsp3) is 0.474. The lowest BCUT2D eigenvalue weighted by molar-refractivity contribution is 0.0925. The van der Waals surface area contributed by atoms with Gasteiger partial charge in [-0.2, -0.15) is 0 Å². The van der Waals surface area contributed by atoms with Crippen molar-refractivity contribution in [2.24, 2.45) is 0 Å². The van der Waals surface area contributed by atoms with Crippen molar-refractivity contribution >= 4 is 23.5 Å². The van der Waals surface area contributed by atoms with Crippen molar-refractivity contribution in [3.05, 3.63) is 47.5 Å². The average molecular weight is 389 g/mol. The van der Waals surface area contributed by atoms with Crippen molar-refractivity contribution in [2.75, 3.05) is 25.7 Å². The molecule has 2 aromatic heterocycles. The Balaban J connectivity index is 1.60. The van der Waals surface area contributed by atoms with Crippen molar-refractivity contribution in [3.8, 4) is 0 Å². The van der Waals surface area contributed by atoms with Gasteiger partial charge in [-0.1, -0.05) is 11.6 Å². The number of hydrogen-bond acceptors (Lipinski definition) is 6. The van der Waals surface area contributed by atoms with Crippen LogP contribution in [0.25, 0.3) is 0 Å². The number of carbonyl (C=O) groups is 1. The van der Waals surface area contributed by atoms with Gasteiger partial charge in [0.2, 0.25) is 5.95 Å². The third-order valence-corrected chi connectivity index (χ3v) is 5.02. The molecule has 1 saturated carbocycles. The molecule has 0 atom stereocenters. The van der Waals surface area contributed by atoms with E-state index < -0.39 is 0 Å². The Morgan fingerprint density at radius 3 is 2.41 bits per heavy atom. The van der Waals surface area contributed by atoms with E-state index in [0.29, 0.717) is 11.6 Å². The van der Waals surface area contributed by atoms with Crippen LogP contribution in [-0.4, -0.2) is 58.6 Å². The van der Waals surface area contributed by atoms with Crippen LogP contribution in [0.3, 0.4) is 0 Å². The van der Waals surface area contributed by atoms with Gasteiger partial charge in [0.15, 0.2) is 0 Å². The Labute approximate surface area is 164 Å². The minimum absolute atomic E-state index is 0.142. The maximum atomic E-state index is 12.4. The lowest BCUT2D eigenvalue weighted by Gasteiger charge is -2.38. The molecule has 1 aliphatic carbocycles. The van der Waals surface area contributed by atoms with E-state index in [9.17, 15) is 4.79 Å². The number of anilines is 1. The lowest BCUT2D eigenvalue weighted by Crippen LogP contribution is -2.47. The summed E-state index contributed by atoms with van der Waals surface area (Å²) in [5.74, 6) is 0.592. The molecule has 0 unspecified atom stereocenters. The highest BCUT2D eigenvalue weighted by Gasteiger charge is 2.28. The van der Waals surface area contributed by atoms with Gasteiger partial charge in [0.05, 0.1) is 12.2 Å². The van der Waals surface area contributed by atoms with Gasteiger partial charge in [-0.25, -0.2) is 15.0 Å². The second-order valence-electron chi connectivity index (χ2n) is 7.06. The lowest BCUT2D eigenvalue weighted by atomic mass is 9.90. The number of nitrogens with one attached hydrogen (secondary N) is 1. The number of rotatable bonds is 6. The van der Waals surface area contributed by atoms with E-state index in [2.05, 4.69) is 30.1 Å². The molecule has 0 radical (unpaired) electrons. The molecule has 1 aliphatic rings. The first-order valence-electron chi connectivity index (χ1n) is 9.14. The minimum Gasteiger partial charge on any atom is -0.349 e. The number of hydrogen-bond donors (Lipinski definition) is 1. The summed E-state index contributed by atoms with van der Waals surface area (Å²) in [4.78, 5) is 29.6. The molecular formula is C19H25ClN6O. The van der Waals surface area contributed by atoms with E-state index >= 15 is 0 Å². The Hall–Kier alpha value is -2.25. The van der Waals surface area contributed by atoms with Crippen molar-refractivity contribution in [2.45, 2.75) is 37.8 Å². The average Bonchev–Trinajstić information content (AvgIpc) is 2.68. The molecule has 1 fully saturated rings. The number of pyridine rings is 1. The van der Waals surface area contributed by atoms with E-state index in [0.717, 1.165) is 38.3 Å². The predicted octanol–water partition coefficient (Wildman–Crippen LogP) is 2.59. The predicted molar refractivity (Wildman–Crippen MR) is 106 cm³/mol. The SMILES string of the molecule is CN(C)CN(c1ncccn1)C1CCC(NC(=O)c2cccnc2Cl)CC1. The van der Waals surface area contributed by atoms with Crippen molar-refractivity contribution in [1.82, 2.24) is 25.2 Å². The highest BCUT2D eigenvalue weighted by atomic mass is 35.5. The van der Waals surface area contributed by atoms with Crippen LogP contribution in [0.15, 0.2) is 36.8 Å². The monoisotopic (exact) mass is 388 g/mol. The topological polar surface area (TPSA) is 74.2 Å². The molecule has 144 valence electrons. The number of halogens is 1. The van der Waals surface area contributed by atoms with Gasteiger partial charge in [-0.05, 0) is 58.0 Å².